The van der Waals surface area contributed by atoms with Gasteiger partial charge >= 0.3 is 6.03 Å². The summed E-state index contributed by atoms with van der Waals surface area (Å²) >= 11 is 0. The number of hydrogen-bond donors (Lipinski definition) is 1. The normalized spacial score (nSPS) is 16.0. The Bertz CT molecular complexity index is 628. The highest BCUT2D eigenvalue weighted by molar-refractivity contribution is 5.75. The third-order valence-corrected chi connectivity index (χ3v) is 3.96. The average Bonchev–Trinajstić information content (AvgIpc) is 2.63. The van der Waals surface area contributed by atoms with E-state index in [1.165, 1.54) is 0 Å². The molecule has 1 aliphatic heterocycles. The average molecular weight is 312 g/mol. The summed E-state index contributed by atoms with van der Waals surface area (Å²) in [6, 6.07) is 3.73. The Morgan fingerprint density at radius 2 is 1.91 bits per heavy atom. The van der Waals surface area contributed by atoms with E-state index in [1.54, 1.807) is 31.0 Å². The quantitative estimate of drug-likeness (QED) is 0.929. The second kappa shape index (κ2) is 7.04. The summed E-state index contributed by atoms with van der Waals surface area (Å²) in [6.07, 6.45) is 8.60. The van der Waals surface area contributed by atoms with E-state index in [1.807, 2.05) is 24.0 Å². The van der Waals surface area contributed by atoms with Crippen LogP contribution in [0.15, 0.2) is 43.1 Å². The van der Waals surface area contributed by atoms with Gasteiger partial charge in [-0.05, 0) is 18.6 Å². The zero-order valence-electron chi connectivity index (χ0n) is 13.1. The molecule has 2 amide bonds. The number of aromatic nitrogens is 3. The van der Waals surface area contributed by atoms with Crippen molar-refractivity contribution in [2.75, 3.05) is 31.1 Å². The van der Waals surface area contributed by atoms with Crippen LogP contribution in [0.25, 0.3) is 0 Å². The molecule has 1 aliphatic rings. The molecule has 0 spiro atoms. The monoisotopic (exact) mass is 312 g/mol. The van der Waals surface area contributed by atoms with Crippen molar-refractivity contribution in [3.8, 4) is 0 Å². The molecule has 1 fully saturated rings. The van der Waals surface area contributed by atoms with Crippen LogP contribution in [0.1, 0.15) is 18.5 Å². The number of pyridine rings is 1. The molecule has 7 nitrogen and oxygen atoms in total. The molecule has 0 aromatic carbocycles. The zero-order valence-corrected chi connectivity index (χ0v) is 13.1. The molecule has 120 valence electrons. The number of rotatable bonds is 3. The van der Waals surface area contributed by atoms with Crippen LogP contribution in [-0.2, 0) is 0 Å². The van der Waals surface area contributed by atoms with Crippen molar-refractivity contribution in [2.45, 2.75) is 13.0 Å². The van der Waals surface area contributed by atoms with Gasteiger partial charge in [0.25, 0.3) is 0 Å². The maximum Gasteiger partial charge on any atom is 0.317 e. The van der Waals surface area contributed by atoms with Gasteiger partial charge in [0.2, 0.25) is 0 Å². The van der Waals surface area contributed by atoms with Gasteiger partial charge in [-0.3, -0.25) is 9.97 Å². The van der Waals surface area contributed by atoms with E-state index >= 15 is 0 Å². The predicted molar refractivity (Wildman–Crippen MR) is 87.0 cm³/mol. The van der Waals surface area contributed by atoms with Gasteiger partial charge in [-0.1, -0.05) is 6.07 Å². The number of hydrogen-bond acceptors (Lipinski definition) is 5. The molecule has 2 aromatic heterocycles. The summed E-state index contributed by atoms with van der Waals surface area (Å²) in [7, 11) is 0. The highest BCUT2D eigenvalue weighted by atomic mass is 16.2. The van der Waals surface area contributed by atoms with Crippen LogP contribution < -0.4 is 10.2 Å². The van der Waals surface area contributed by atoms with Gasteiger partial charge < -0.3 is 15.1 Å². The molecule has 0 bridgehead atoms. The van der Waals surface area contributed by atoms with Gasteiger partial charge in [-0.15, -0.1) is 0 Å². The molecule has 1 saturated heterocycles. The molecule has 1 N–H and O–H groups in total. The van der Waals surface area contributed by atoms with Crippen LogP contribution in [0, 0.1) is 0 Å². The van der Waals surface area contributed by atoms with Gasteiger partial charge in [-0.25, -0.2) is 9.78 Å². The minimum absolute atomic E-state index is 0.0415. The van der Waals surface area contributed by atoms with Crippen molar-refractivity contribution in [1.29, 1.82) is 0 Å². The molecule has 0 aliphatic carbocycles. The van der Waals surface area contributed by atoms with Crippen molar-refractivity contribution in [3.63, 3.8) is 0 Å². The van der Waals surface area contributed by atoms with Crippen molar-refractivity contribution in [1.82, 2.24) is 25.2 Å². The Morgan fingerprint density at radius 1 is 1.13 bits per heavy atom. The molecule has 0 unspecified atom stereocenters. The van der Waals surface area contributed by atoms with Crippen LogP contribution in [0.5, 0.6) is 0 Å². The Kier molecular flexibility index (Phi) is 4.65. The van der Waals surface area contributed by atoms with E-state index in [0.29, 0.717) is 13.1 Å². The fourth-order valence-corrected chi connectivity index (χ4v) is 2.59. The SMILES string of the molecule is C[C@H](NC(=O)N1CCN(c2cnccn2)CC1)c1cccnc1. The molecule has 2 aromatic rings. The Labute approximate surface area is 135 Å². The molecule has 1 atom stereocenters. The first-order valence-electron chi connectivity index (χ1n) is 7.70. The fraction of sp³-hybridized carbons (Fsp3) is 0.375. The van der Waals surface area contributed by atoms with Crippen LogP contribution in [0.4, 0.5) is 10.6 Å². The number of urea groups is 1. The first-order valence-corrected chi connectivity index (χ1v) is 7.70. The lowest BCUT2D eigenvalue weighted by atomic mass is 10.1. The lowest BCUT2D eigenvalue weighted by Crippen LogP contribution is -2.52. The van der Waals surface area contributed by atoms with E-state index in [-0.39, 0.29) is 12.1 Å². The van der Waals surface area contributed by atoms with Crippen LogP contribution in [0.2, 0.25) is 0 Å². The topological polar surface area (TPSA) is 74.2 Å². The number of piperazine rings is 1. The summed E-state index contributed by atoms with van der Waals surface area (Å²) in [5.74, 6) is 0.858. The highest BCUT2D eigenvalue weighted by Gasteiger charge is 2.23. The summed E-state index contributed by atoms with van der Waals surface area (Å²) in [5, 5.41) is 3.02. The van der Waals surface area contributed by atoms with Gasteiger partial charge in [0.15, 0.2) is 0 Å². The third kappa shape index (κ3) is 3.74. The third-order valence-electron chi connectivity index (χ3n) is 3.96. The summed E-state index contributed by atoms with van der Waals surface area (Å²) in [4.78, 5) is 28.8. The molecule has 0 radical (unpaired) electrons. The van der Waals surface area contributed by atoms with E-state index < -0.39 is 0 Å². The van der Waals surface area contributed by atoms with Crippen LogP contribution in [0.3, 0.4) is 0 Å². The molecule has 0 saturated carbocycles. The van der Waals surface area contributed by atoms with Crippen LogP contribution >= 0.6 is 0 Å². The lowest BCUT2D eigenvalue weighted by molar-refractivity contribution is 0.191. The molecule has 23 heavy (non-hydrogen) atoms. The lowest BCUT2D eigenvalue weighted by Gasteiger charge is -2.35. The summed E-state index contributed by atoms with van der Waals surface area (Å²) < 4.78 is 0. The van der Waals surface area contributed by atoms with E-state index in [0.717, 1.165) is 24.5 Å². The number of amides is 2. The molecule has 3 heterocycles. The molecular formula is C16H20N6O. The second-order valence-corrected chi connectivity index (χ2v) is 5.50. The minimum Gasteiger partial charge on any atom is -0.352 e. The summed E-state index contributed by atoms with van der Waals surface area (Å²) in [5.41, 5.74) is 0.999. The maximum atomic E-state index is 12.4. The maximum absolute atomic E-state index is 12.4. The van der Waals surface area contributed by atoms with Crippen molar-refractivity contribution < 1.29 is 4.79 Å². The number of nitrogens with zero attached hydrogens (tertiary/aromatic N) is 5. The smallest absolute Gasteiger partial charge is 0.317 e. The number of carbonyl (C=O) groups excluding carboxylic acids is 1. The number of carbonyl (C=O) groups is 1. The molecule has 3 rings (SSSR count). The van der Waals surface area contributed by atoms with E-state index in [9.17, 15) is 4.79 Å². The van der Waals surface area contributed by atoms with Gasteiger partial charge in [0.1, 0.15) is 5.82 Å². The predicted octanol–water partition coefficient (Wildman–Crippen LogP) is 1.46. The Morgan fingerprint density at radius 3 is 2.57 bits per heavy atom. The Hall–Kier alpha value is -2.70. The fourth-order valence-electron chi connectivity index (χ4n) is 2.59. The number of nitrogens with one attached hydrogen (secondary N) is 1. The van der Waals surface area contributed by atoms with Crippen molar-refractivity contribution in [2.24, 2.45) is 0 Å². The van der Waals surface area contributed by atoms with Crippen LogP contribution in [-0.4, -0.2) is 52.1 Å². The number of anilines is 1. The Balaban J connectivity index is 1.52. The van der Waals surface area contributed by atoms with Crippen molar-refractivity contribution >= 4 is 11.8 Å². The van der Waals surface area contributed by atoms with Gasteiger partial charge in [0, 0.05) is 51.0 Å². The first-order chi connectivity index (χ1) is 11.2. The van der Waals surface area contributed by atoms with Crippen molar-refractivity contribution in [3.05, 3.63) is 48.7 Å². The summed E-state index contributed by atoms with van der Waals surface area (Å²) in [6.45, 7) is 4.82. The standard InChI is InChI=1S/C16H20N6O/c1-13(14-3-2-4-17-11-14)20-16(23)22-9-7-21(8-10-22)15-12-18-5-6-19-15/h2-6,11-13H,7-10H2,1H3,(H,20,23)/t13-/m0/s1. The van der Waals surface area contributed by atoms with Gasteiger partial charge in [-0.2, -0.15) is 0 Å². The minimum atomic E-state index is -0.0609. The van der Waals surface area contributed by atoms with E-state index in [2.05, 4.69) is 25.2 Å². The molecular weight excluding hydrogens is 292 g/mol. The van der Waals surface area contributed by atoms with E-state index in [4.69, 9.17) is 0 Å². The molecule has 7 heteroatoms. The largest absolute Gasteiger partial charge is 0.352 e. The second-order valence-electron chi connectivity index (χ2n) is 5.50. The zero-order chi connectivity index (χ0) is 16.1. The first kappa shape index (κ1) is 15.2. The van der Waals surface area contributed by atoms with Gasteiger partial charge in [0.05, 0.1) is 12.2 Å². The highest BCUT2D eigenvalue weighted by Crippen LogP contribution is 2.13.